The van der Waals surface area contributed by atoms with E-state index < -0.39 is 16.3 Å². The third kappa shape index (κ3) is 5.52. The van der Waals surface area contributed by atoms with Crippen molar-refractivity contribution in [1.82, 2.24) is 0 Å². The Labute approximate surface area is 59.4 Å². The number of hydrogen-bond donors (Lipinski definition) is 1. The number of hydrogen-bond acceptors (Lipinski definition) is 4. The summed E-state index contributed by atoms with van der Waals surface area (Å²) in [6.45, 7) is 1.73. The lowest BCUT2D eigenvalue weighted by atomic mass is 10.4. The SMILES string of the molecule is CCCC(=O)OS(N)(=O)=O. The largest absolute Gasteiger partial charge is 0.382 e. The molecular formula is C4H9NO4S. The number of carbonyl (C=O) groups is 1. The van der Waals surface area contributed by atoms with E-state index in [-0.39, 0.29) is 6.42 Å². The van der Waals surface area contributed by atoms with Crippen LogP contribution in [-0.4, -0.2) is 14.4 Å². The van der Waals surface area contributed by atoms with Gasteiger partial charge in [0.05, 0.1) is 0 Å². The van der Waals surface area contributed by atoms with E-state index in [9.17, 15) is 13.2 Å². The van der Waals surface area contributed by atoms with Gasteiger partial charge in [0, 0.05) is 6.42 Å². The minimum absolute atomic E-state index is 0.0659. The number of rotatable bonds is 3. The van der Waals surface area contributed by atoms with Crippen molar-refractivity contribution in [3.63, 3.8) is 0 Å². The van der Waals surface area contributed by atoms with Crippen molar-refractivity contribution in [1.29, 1.82) is 0 Å². The van der Waals surface area contributed by atoms with Gasteiger partial charge in [0.2, 0.25) is 0 Å². The molecule has 0 aromatic carbocycles. The average Bonchev–Trinajstić information content (AvgIpc) is 1.59. The van der Waals surface area contributed by atoms with E-state index >= 15 is 0 Å². The summed E-state index contributed by atoms with van der Waals surface area (Å²) in [7, 11) is -4.10. The monoisotopic (exact) mass is 167 g/mol. The summed E-state index contributed by atoms with van der Waals surface area (Å²) in [6, 6.07) is 0. The Morgan fingerprint density at radius 3 is 2.40 bits per heavy atom. The zero-order valence-electron chi connectivity index (χ0n) is 5.53. The Morgan fingerprint density at radius 1 is 1.60 bits per heavy atom. The van der Waals surface area contributed by atoms with Gasteiger partial charge >= 0.3 is 16.3 Å². The van der Waals surface area contributed by atoms with Crippen LogP contribution in [0.1, 0.15) is 19.8 Å². The molecule has 2 N–H and O–H groups in total. The van der Waals surface area contributed by atoms with Gasteiger partial charge in [-0.2, -0.15) is 13.6 Å². The standard InChI is InChI=1S/C4H9NO4S/c1-2-3-4(6)9-10(5,7)8/h2-3H2,1H3,(H2,5,7,8). The molecule has 0 rings (SSSR count). The van der Waals surface area contributed by atoms with Gasteiger partial charge in [0.15, 0.2) is 0 Å². The molecule has 10 heavy (non-hydrogen) atoms. The molecule has 0 radical (unpaired) electrons. The first kappa shape index (κ1) is 9.38. The maximum Gasteiger partial charge on any atom is 0.382 e. The highest BCUT2D eigenvalue weighted by Gasteiger charge is 2.08. The molecule has 0 heterocycles. The summed E-state index contributed by atoms with van der Waals surface area (Å²) in [5.74, 6) is -0.815. The molecule has 5 nitrogen and oxygen atoms in total. The maximum absolute atomic E-state index is 10.4. The number of nitrogens with two attached hydrogens (primary N) is 1. The van der Waals surface area contributed by atoms with E-state index in [0.29, 0.717) is 6.42 Å². The highest BCUT2D eigenvalue weighted by atomic mass is 32.2. The average molecular weight is 167 g/mol. The Kier molecular flexibility index (Phi) is 3.31. The summed E-state index contributed by atoms with van der Waals surface area (Å²) in [5.41, 5.74) is 0. The fourth-order valence-electron chi connectivity index (χ4n) is 0.375. The van der Waals surface area contributed by atoms with Crippen molar-refractivity contribution < 1.29 is 17.4 Å². The minimum Gasteiger partial charge on any atom is -0.334 e. The van der Waals surface area contributed by atoms with Crippen LogP contribution in [0.4, 0.5) is 0 Å². The van der Waals surface area contributed by atoms with Crippen LogP contribution in [0.3, 0.4) is 0 Å². The van der Waals surface area contributed by atoms with Gasteiger partial charge in [-0.15, -0.1) is 0 Å². The van der Waals surface area contributed by atoms with E-state index in [4.69, 9.17) is 0 Å². The van der Waals surface area contributed by atoms with Crippen molar-refractivity contribution in [3.8, 4) is 0 Å². The van der Waals surface area contributed by atoms with E-state index in [1.54, 1.807) is 6.92 Å². The Balaban J connectivity index is 3.82. The second-order valence-electron chi connectivity index (χ2n) is 1.70. The normalized spacial score (nSPS) is 11.0. The lowest BCUT2D eigenvalue weighted by Crippen LogP contribution is -2.19. The fraction of sp³-hybridized carbons (Fsp3) is 0.750. The van der Waals surface area contributed by atoms with Crippen molar-refractivity contribution in [3.05, 3.63) is 0 Å². The summed E-state index contributed by atoms with van der Waals surface area (Å²) >= 11 is 0. The van der Waals surface area contributed by atoms with Crippen LogP contribution in [0.5, 0.6) is 0 Å². The Bertz CT molecular complexity index is 207. The quantitative estimate of drug-likeness (QED) is 0.615. The first-order valence-corrected chi connectivity index (χ1v) is 4.18. The topological polar surface area (TPSA) is 86.5 Å². The van der Waals surface area contributed by atoms with Gasteiger partial charge in [0.1, 0.15) is 0 Å². The van der Waals surface area contributed by atoms with Crippen LogP contribution in [0.15, 0.2) is 0 Å². The van der Waals surface area contributed by atoms with E-state index in [1.807, 2.05) is 0 Å². The van der Waals surface area contributed by atoms with Crippen molar-refractivity contribution in [2.45, 2.75) is 19.8 Å². The lowest BCUT2D eigenvalue weighted by molar-refractivity contribution is -0.133. The molecule has 0 saturated carbocycles. The van der Waals surface area contributed by atoms with Crippen LogP contribution >= 0.6 is 0 Å². The van der Waals surface area contributed by atoms with Crippen molar-refractivity contribution >= 4 is 16.3 Å². The molecule has 6 heteroatoms. The van der Waals surface area contributed by atoms with Crippen LogP contribution in [-0.2, 0) is 19.3 Å². The van der Waals surface area contributed by atoms with Crippen molar-refractivity contribution in [2.75, 3.05) is 0 Å². The van der Waals surface area contributed by atoms with Crippen LogP contribution < -0.4 is 5.14 Å². The smallest absolute Gasteiger partial charge is 0.334 e. The second-order valence-corrected chi connectivity index (χ2v) is 2.85. The third-order valence-electron chi connectivity index (χ3n) is 0.663. The molecule has 0 unspecified atom stereocenters. The Hall–Kier alpha value is -0.620. The van der Waals surface area contributed by atoms with Gasteiger partial charge in [-0.25, -0.2) is 0 Å². The van der Waals surface area contributed by atoms with Gasteiger partial charge in [-0.05, 0) is 6.42 Å². The molecule has 0 spiro atoms. The maximum atomic E-state index is 10.4. The highest BCUT2D eigenvalue weighted by Crippen LogP contribution is 1.92. The Morgan fingerprint density at radius 2 is 2.10 bits per heavy atom. The second kappa shape index (κ2) is 3.52. The van der Waals surface area contributed by atoms with Gasteiger partial charge in [-0.1, -0.05) is 6.92 Å². The molecule has 0 aliphatic rings. The zero-order chi connectivity index (χ0) is 8.20. The fourth-order valence-corrected chi connectivity index (χ4v) is 0.718. The predicted octanol–water partition coefficient (Wildman–Crippen LogP) is -0.467. The third-order valence-corrected chi connectivity index (χ3v) is 1.08. The molecule has 0 bridgehead atoms. The van der Waals surface area contributed by atoms with E-state index in [2.05, 4.69) is 9.32 Å². The molecular weight excluding hydrogens is 158 g/mol. The van der Waals surface area contributed by atoms with Gasteiger partial charge < -0.3 is 4.18 Å². The predicted molar refractivity (Wildman–Crippen MR) is 34.1 cm³/mol. The molecule has 0 aliphatic carbocycles. The summed E-state index contributed by atoms with van der Waals surface area (Å²) in [5, 5.41) is 4.40. The molecule has 0 aliphatic heterocycles. The van der Waals surface area contributed by atoms with Gasteiger partial charge in [0.25, 0.3) is 0 Å². The van der Waals surface area contributed by atoms with E-state index in [0.717, 1.165) is 0 Å². The summed E-state index contributed by atoms with van der Waals surface area (Å²) < 4.78 is 23.9. The first-order chi connectivity index (χ1) is 4.45. The zero-order valence-corrected chi connectivity index (χ0v) is 6.35. The van der Waals surface area contributed by atoms with Crippen molar-refractivity contribution in [2.24, 2.45) is 5.14 Å². The van der Waals surface area contributed by atoms with Crippen LogP contribution in [0, 0.1) is 0 Å². The minimum atomic E-state index is -4.10. The number of carbonyl (C=O) groups excluding carboxylic acids is 1. The molecule has 0 atom stereocenters. The van der Waals surface area contributed by atoms with E-state index in [1.165, 1.54) is 0 Å². The van der Waals surface area contributed by atoms with Crippen LogP contribution in [0.25, 0.3) is 0 Å². The van der Waals surface area contributed by atoms with Crippen LogP contribution in [0.2, 0.25) is 0 Å². The molecule has 0 fully saturated rings. The molecule has 0 amide bonds. The molecule has 0 aromatic rings. The molecule has 0 saturated heterocycles. The van der Waals surface area contributed by atoms with Gasteiger partial charge in [-0.3, -0.25) is 4.79 Å². The summed E-state index contributed by atoms with van der Waals surface area (Å²) in [6.07, 6.45) is 0.602. The lowest BCUT2D eigenvalue weighted by Gasteiger charge is -1.96. The first-order valence-electron chi connectivity index (χ1n) is 2.70. The highest BCUT2D eigenvalue weighted by molar-refractivity contribution is 7.84. The summed E-state index contributed by atoms with van der Waals surface area (Å²) in [4.78, 5) is 10.4. The molecule has 60 valence electrons. The molecule has 0 aromatic heterocycles.